The van der Waals surface area contributed by atoms with Gasteiger partial charge < -0.3 is 10.0 Å². The van der Waals surface area contributed by atoms with Crippen molar-refractivity contribution in [1.29, 1.82) is 0 Å². The molecular weight excluding hydrogens is 279 g/mol. The molecule has 0 fully saturated rings. The van der Waals surface area contributed by atoms with Crippen LogP contribution >= 0.6 is 11.3 Å². The molecule has 1 heterocycles. The molecule has 0 unspecified atom stereocenters. The highest BCUT2D eigenvalue weighted by Crippen LogP contribution is 2.28. The third kappa shape index (κ3) is 3.40. The summed E-state index contributed by atoms with van der Waals surface area (Å²) in [6, 6.07) is 5.71. The third-order valence-electron chi connectivity index (χ3n) is 2.76. The molecule has 0 radical (unpaired) electrons. The van der Waals surface area contributed by atoms with Gasteiger partial charge in [0.2, 0.25) is 0 Å². The first-order valence-corrected chi connectivity index (χ1v) is 6.92. The zero-order valence-corrected chi connectivity index (χ0v) is 12.1. The number of likely N-dealkylation sites (N-methyl/N-ethyl adjacent to an activating group) is 1. The van der Waals surface area contributed by atoms with Crippen LogP contribution in [0.1, 0.15) is 14.7 Å². The summed E-state index contributed by atoms with van der Waals surface area (Å²) in [7, 11) is 3.90. The van der Waals surface area contributed by atoms with Gasteiger partial charge in [0.25, 0.3) is 0 Å². The molecule has 20 heavy (non-hydrogen) atoms. The average molecular weight is 294 g/mol. The topological polar surface area (TPSA) is 53.4 Å². The first-order chi connectivity index (χ1) is 9.47. The fraction of sp³-hybridized carbons (Fsp3) is 0.286. The maximum atomic E-state index is 12.9. The van der Waals surface area contributed by atoms with E-state index in [1.165, 1.54) is 23.5 Å². The Labute approximate surface area is 120 Å². The van der Waals surface area contributed by atoms with Crippen LogP contribution in [-0.4, -0.2) is 41.6 Å². The van der Waals surface area contributed by atoms with Crippen molar-refractivity contribution < 1.29 is 14.3 Å². The normalized spacial score (nSPS) is 11.0. The van der Waals surface area contributed by atoms with Gasteiger partial charge in [0.1, 0.15) is 10.7 Å². The number of hydrogen-bond donors (Lipinski definition) is 1. The van der Waals surface area contributed by atoms with E-state index in [1.54, 1.807) is 12.1 Å². The summed E-state index contributed by atoms with van der Waals surface area (Å²) in [4.78, 5) is 17.9. The largest absolute Gasteiger partial charge is 0.477 e. The number of thiazole rings is 1. The van der Waals surface area contributed by atoms with Gasteiger partial charge in [0.05, 0.1) is 10.7 Å². The Kier molecular flexibility index (Phi) is 4.46. The Balaban J connectivity index is 2.35. The lowest BCUT2D eigenvalue weighted by Gasteiger charge is -2.06. The molecule has 106 valence electrons. The van der Waals surface area contributed by atoms with Crippen LogP contribution in [0, 0.1) is 5.82 Å². The van der Waals surface area contributed by atoms with E-state index in [0.29, 0.717) is 17.7 Å². The van der Waals surface area contributed by atoms with E-state index in [2.05, 4.69) is 4.98 Å². The third-order valence-corrected chi connectivity index (χ3v) is 3.86. The lowest BCUT2D eigenvalue weighted by Crippen LogP contribution is -2.14. The number of aromatic nitrogens is 1. The average Bonchev–Trinajstić information content (AvgIpc) is 2.81. The molecule has 0 atom stereocenters. The van der Waals surface area contributed by atoms with Crippen LogP contribution < -0.4 is 0 Å². The first-order valence-electron chi connectivity index (χ1n) is 6.11. The van der Waals surface area contributed by atoms with Gasteiger partial charge in [-0.3, -0.25) is 0 Å². The summed E-state index contributed by atoms with van der Waals surface area (Å²) >= 11 is 1.18. The molecule has 1 aromatic heterocycles. The smallest absolute Gasteiger partial charge is 0.348 e. The zero-order valence-electron chi connectivity index (χ0n) is 11.3. The molecule has 0 bridgehead atoms. The summed E-state index contributed by atoms with van der Waals surface area (Å²) in [6.07, 6.45) is 0.694. The molecule has 2 rings (SSSR count). The van der Waals surface area contributed by atoms with E-state index < -0.39 is 5.97 Å². The van der Waals surface area contributed by atoms with Crippen LogP contribution in [0.3, 0.4) is 0 Å². The van der Waals surface area contributed by atoms with Crippen molar-refractivity contribution >= 4 is 17.3 Å². The molecule has 0 aliphatic rings. The van der Waals surface area contributed by atoms with Crippen molar-refractivity contribution in [1.82, 2.24) is 9.88 Å². The molecule has 6 heteroatoms. The van der Waals surface area contributed by atoms with Gasteiger partial charge in [-0.1, -0.05) is 0 Å². The number of nitrogens with zero attached hydrogens (tertiary/aromatic N) is 2. The van der Waals surface area contributed by atoms with E-state index >= 15 is 0 Å². The van der Waals surface area contributed by atoms with Crippen molar-refractivity contribution in [3.63, 3.8) is 0 Å². The molecule has 1 N–H and O–H groups in total. The summed E-state index contributed by atoms with van der Waals surface area (Å²) < 4.78 is 12.9. The number of halogens is 1. The van der Waals surface area contributed by atoms with Crippen LogP contribution in [-0.2, 0) is 6.42 Å². The Morgan fingerprint density at radius 2 is 2.00 bits per heavy atom. The predicted molar refractivity (Wildman–Crippen MR) is 76.7 cm³/mol. The Morgan fingerprint density at radius 1 is 1.35 bits per heavy atom. The lowest BCUT2D eigenvalue weighted by molar-refractivity contribution is 0.0702. The van der Waals surface area contributed by atoms with Crippen LogP contribution in [0.5, 0.6) is 0 Å². The minimum Gasteiger partial charge on any atom is -0.477 e. The number of carboxylic acid groups (broad SMARTS) is 1. The Bertz CT molecular complexity index is 608. The standard InChI is InChI=1S/C14H15FN2O2S/c1-17(2)8-7-11-16-12(13(20-11)14(18)19)9-3-5-10(15)6-4-9/h3-6H,7-8H2,1-2H3,(H,18,19). The van der Waals surface area contributed by atoms with Crippen LogP contribution in [0.25, 0.3) is 11.3 Å². The Hall–Kier alpha value is -1.79. The van der Waals surface area contributed by atoms with Gasteiger partial charge in [-0.25, -0.2) is 14.2 Å². The molecule has 1 aromatic carbocycles. The molecular formula is C14H15FN2O2S. The van der Waals surface area contributed by atoms with Crippen LogP contribution in [0.15, 0.2) is 24.3 Å². The quantitative estimate of drug-likeness (QED) is 0.921. The minimum absolute atomic E-state index is 0.199. The second-order valence-corrected chi connectivity index (χ2v) is 5.73. The highest BCUT2D eigenvalue weighted by Gasteiger charge is 2.18. The highest BCUT2D eigenvalue weighted by molar-refractivity contribution is 7.14. The maximum Gasteiger partial charge on any atom is 0.348 e. The molecule has 4 nitrogen and oxygen atoms in total. The van der Waals surface area contributed by atoms with Crippen molar-refractivity contribution in [3.8, 4) is 11.3 Å². The van der Waals surface area contributed by atoms with Gasteiger partial charge in [0.15, 0.2) is 0 Å². The molecule has 0 aliphatic carbocycles. The van der Waals surface area contributed by atoms with Gasteiger partial charge in [-0.15, -0.1) is 11.3 Å². The summed E-state index contributed by atoms with van der Waals surface area (Å²) in [5, 5.41) is 10.0. The van der Waals surface area contributed by atoms with E-state index in [4.69, 9.17) is 0 Å². The first kappa shape index (κ1) is 14.6. The van der Waals surface area contributed by atoms with Gasteiger partial charge in [-0.2, -0.15) is 0 Å². The number of rotatable bonds is 5. The Morgan fingerprint density at radius 3 is 2.55 bits per heavy atom. The number of hydrogen-bond acceptors (Lipinski definition) is 4. The SMILES string of the molecule is CN(C)CCc1nc(-c2ccc(F)cc2)c(C(=O)O)s1. The van der Waals surface area contributed by atoms with Crippen LogP contribution in [0.2, 0.25) is 0 Å². The second-order valence-electron chi connectivity index (χ2n) is 4.65. The number of benzene rings is 1. The fourth-order valence-electron chi connectivity index (χ4n) is 1.74. The minimum atomic E-state index is -1.00. The van der Waals surface area contributed by atoms with Crippen LogP contribution in [0.4, 0.5) is 4.39 Å². The molecule has 0 saturated heterocycles. The number of aromatic carboxylic acids is 1. The predicted octanol–water partition coefficient (Wildman–Crippen LogP) is 2.75. The second kappa shape index (κ2) is 6.11. The van der Waals surface area contributed by atoms with E-state index in [1.807, 2.05) is 19.0 Å². The molecule has 0 saturated carbocycles. The summed E-state index contributed by atoms with van der Waals surface area (Å²) in [6.45, 7) is 0.801. The van der Waals surface area contributed by atoms with Crippen molar-refractivity contribution in [2.24, 2.45) is 0 Å². The number of carboxylic acids is 1. The van der Waals surface area contributed by atoms with Crippen molar-refractivity contribution in [2.45, 2.75) is 6.42 Å². The maximum absolute atomic E-state index is 12.9. The van der Waals surface area contributed by atoms with Gasteiger partial charge in [0, 0.05) is 18.5 Å². The highest BCUT2D eigenvalue weighted by atomic mass is 32.1. The van der Waals surface area contributed by atoms with E-state index in [0.717, 1.165) is 11.6 Å². The van der Waals surface area contributed by atoms with Crippen molar-refractivity contribution in [3.05, 3.63) is 40.0 Å². The fourth-order valence-corrected chi connectivity index (χ4v) is 2.65. The van der Waals surface area contributed by atoms with Crippen molar-refractivity contribution in [2.75, 3.05) is 20.6 Å². The number of carbonyl (C=O) groups is 1. The van der Waals surface area contributed by atoms with E-state index in [-0.39, 0.29) is 10.7 Å². The molecule has 0 amide bonds. The van der Waals surface area contributed by atoms with E-state index in [9.17, 15) is 14.3 Å². The monoisotopic (exact) mass is 294 g/mol. The molecule has 0 aliphatic heterocycles. The lowest BCUT2D eigenvalue weighted by atomic mass is 10.1. The zero-order chi connectivity index (χ0) is 14.7. The summed E-state index contributed by atoms with van der Waals surface area (Å²) in [5.74, 6) is -1.35. The van der Waals surface area contributed by atoms with Gasteiger partial charge >= 0.3 is 5.97 Å². The molecule has 0 spiro atoms. The molecule has 2 aromatic rings. The summed E-state index contributed by atoms with van der Waals surface area (Å²) in [5.41, 5.74) is 1.03. The van der Waals surface area contributed by atoms with Gasteiger partial charge in [-0.05, 0) is 38.4 Å².